The van der Waals surface area contributed by atoms with Crippen LogP contribution in [0.4, 0.5) is 0 Å². The van der Waals surface area contributed by atoms with Crippen molar-refractivity contribution in [2.45, 2.75) is 63.4 Å². The molecule has 4 rings (SSSR count). The summed E-state index contributed by atoms with van der Waals surface area (Å²) < 4.78 is 0. The molecule has 5 atom stereocenters. The average Bonchev–Trinajstić information content (AvgIpc) is 3.08. The molecule has 0 heterocycles. The highest BCUT2D eigenvalue weighted by Crippen LogP contribution is 2.25. The largest absolute Gasteiger partial charge is 0.391 e. The summed E-state index contributed by atoms with van der Waals surface area (Å²) in [6, 6.07) is 36.0. The number of rotatable bonds is 15. The Kier molecular flexibility index (Phi) is 12.6. The fourth-order valence-corrected chi connectivity index (χ4v) is 5.42. The van der Waals surface area contributed by atoms with E-state index in [1.165, 1.54) is 0 Å². The van der Waals surface area contributed by atoms with Crippen molar-refractivity contribution in [3.8, 4) is 0 Å². The smallest absolute Gasteiger partial charge is 0.242 e. The number of carbonyl (C=O) groups excluding carboxylic acids is 3. The predicted molar refractivity (Wildman–Crippen MR) is 180 cm³/mol. The van der Waals surface area contributed by atoms with Gasteiger partial charge in [-0.1, -0.05) is 121 Å². The molecule has 0 spiro atoms. The van der Waals surface area contributed by atoms with Crippen LogP contribution in [0.2, 0.25) is 0 Å². The number of nitrogens with two attached hydrogens (primary N) is 1. The summed E-state index contributed by atoms with van der Waals surface area (Å²) in [6.45, 7) is 3.11. The van der Waals surface area contributed by atoms with Gasteiger partial charge in [-0.25, -0.2) is 0 Å². The Hall–Kier alpha value is -4.79. The van der Waals surface area contributed by atoms with Gasteiger partial charge in [-0.3, -0.25) is 14.4 Å². The predicted octanol–water partition coefficient (Wildman–Crippen LogP) is 4.08. The molecule has 0 bridgehead atoms. The Morgan fingerprint density at radius 2 is 1.07 bits per heavy atom. The Morgan fingerprint density at radius 1 is 0.609 bits per heavy atom. The molecule has 46 heavy (non-hydrogen) atoms. The first kappa shape index (κ1) is 34.1. The van der Waals surface area contributed by atoms with Gasteiger partial charge in [-0.2, -0.15) is 0 Å². The molecule has 0 aliphatic carbocycles. The normalized spacial score (nSPS) is 14.4. The lowest BCUT2D eigenvalue weighted by Crippen LogP contribution is -2.54. The van der Waals surface area contributed by atoms with Crippen LogP contribution in [0, 0.1) is 5.92 Å². The van der Waals surface area contributed by atoms with Crippen LogP contribution < -0.4 is 21.7 Å². The molecule has 0 saturated heterocycles. The Morgan fingerprint density at radius 3 is 1.54 bits per heavy atom. The minimum atomic E-state index is -1.08. The zero-order valence-corrected chi connectivity index (χ0v) is 26.4. The molecule has 4 aromatic rings. The standard InChI is InChI=1S/C38H44N4O4/c1-26(39)36(44)40-27(2)37(45)41-33(24-29-17-9-4-10-18-29)34(43)25-32(23-28-15-7-3-8-16-28)38(46)42-35(30-19-11-5-12-20-30)31-21-13-6-14-22-31/h3-22,26-27,32-35,43H,23-25,39H2,1-2H3,(H,40,44)(H,41,45)(H,42,46)/t26-,27-,32?,33-,34-/m0/s1. The van der Waals surface area contributed by atoms with Crippen LogP contribution in [0.1, 0.15) is 48.6 Å². The van der Waals surface area contributed by atoms with Gasteiger partial charge < -0.3 is 26.8 Å². The number of amides is 3. The van der Waals surface area contributed by atoms with Crippen LogP contribution in [-0.2, 0) is 27.2 Å². The van der Waals surface area contributed by atoms with Crippen molar-refractivity contribution in [2.24, 2.45) is 11.7 Å². The third-order valence-corrected chi connectivity index (χ3v) is 8.03. The highest BCUT2D eigenvalue weighted by atomic mass is 16.3. The first-order chi connectivity index (χ1) is 22.2. The summed E-state index contributed by atoms with van der Waals surface area (Å²) in [6.07, 6.45) is -0.257. The molecule has 0 fully saturated rings. The number of aliphatic hydroxyl groups is 1. The van der Waals surface area contributed by atoms with Gasteiger partial charge in [0, 0.05) is 5.92 Å². The van der Waals surface area contributed by atoms with Crippen LogP contribution in [0.25, 0.3) is 0 Å². The van der Waals surface area contributed by atoms with Crippen molar-refractivity contribution >= 4 is 17.7 Å². The van der Waals surface area contributed by atoms with Crippen molar-refractivity contribution in [1.82, 2.24) is 16.0 Å². The van der Waals surface area contributed by atoms with Gasteiger partial charge in [-0.15, -0.1) is 0 Å². The molecule has 240 valence electrons. The summed E-state index contributed by atoms with van der Waals surface area (Å²) in [5.74, 6) is -1.72. The zero-order valence-electron chi connectivity index (χ0n) is 26.4. The van der Waals surface area contributed by atoms with Crippen molar-refractivity contribution in [3.63, 3.8) is 0 Å². The maximum Gasteiger partial charge on any atom is 0.242 e. The van der Waals surface area contributed by atoms with Crippen LogP contribution in [0.5, 0.6) is 0 Å². The van der Waals surface area contributed by atoms with E-state index in [0.29, 0.717) is 12.8 Å². The average molecular weight is 621 g/mol. The minimum Gasteiger partial charge on any atom is -0.391 e. The fourth-order valence-electron chi connectivity index (χ4n) is 5.42. The van der Waals surface area contributed by atoms with Crippen molar-refractivity contribution < 1.29 is 19.5 Å². The monoisotopic (exact) mass is 620 g/mol. The van der Waals surface area contributed by atoms with Gasteiger partial charge in [0.15, 0.2) is 0 Å². The molecule has 1 unspecified atom stereocenters. The van der Waals surface area contributed by atoms with Crippen molar-refractivity contribution in [2.75, 3.05) is 0 Å². The molecular weight excluding hydrogens is 576 g/mol. The quantitative estimate of drug-likeness (QED) is 0.137. The number of benzene rings is 4. The maximum atomic E-state index is 14.2. The second-order valence-electron chi connectivity index (χ2n) is 11.8. The molecule has 3 amide bonds. The molecule has 6 N–H and O–H groups in total. The molecule has 8 nitrogen and oxygen atoms in total. The fraction of sp³-hybridized carbons (Fsp3) is 0.289. The van der Waals surface area contributed by atoms with Crippen molar-refractivity contribution in [1.29, 1.82) is 0 Å². The van der Waals surface area contributed by atoms with Gasteiger partial charge >= 0.3 is 0 Å². The van der Waals surface area contributed by atoms with E-state index in [-0.39, 0.29) is 18.4 Å². The minimum absolute atomic E-state index is 0.0926. The maximum absolute atomic E-state index is 14.2. The lowest BCUT2D eigenvalue weighted by molar-refractivity contribution is -0.130. The number of aliphatic hydroxyl groups excluding tert-OH is 1. The summed E-state index contributed by atoms with van der Waals surface area (Å²) in [7, 11) is 0. The molecule has 0 saturated carbocycles. The molecule has 0 aliphatic heterocycles. The van der Waals surface area contributed by atoms with E-state index in [1.807, 2.05) is 121 Å². The SMILES string of the molecule is C[C@H](N)C(=O)N[C@@H](C)C(=O)N[C@@H](Cc1ccccc1)[C@@H](O)CC(Cc1ccccc1)C(=O)NC(c1ccccc1)c1ccccc1. The summed E-state index contributed by atoms with van der Waals surface area (Å²) in [4.78, 5) is 39.5. The van der Waals surface area contributed by atoms with E-state index in [1.54, 1.807) is 13.8 Å². The lowest BCUT2D eigenvalue weighted by atomic mass is 9.88. The van der Waals surface area contributed by atoms with Gasteiger partial charge in [0.25, 0.3) is 0 Å². The summed E-state index contributed by atoms with van der Waals surface area (Å²) >= 11 is 0. The number of carbonyl (C=O) groups is 3. The van der Waals surface area contributed by atoms with Gasteiger partial charge in [0.05, 0.1) is 24.2 Å². The Labute approximate surface area is 271 Å². The van der Waals surface area contributed by atoms with Gasteiger partial charge in [-0.05, 0) is 55.4 Å². The summed E-state index contributed by atoms with van der Waals surface area (Å²) in [5, 5.41) is 20.5. The van der Waals surface area contributed by atoms with E-state index < -0.39 is 42.0 Å². The first-order valence-corrected chi connectivity index (χ1v) is 15.7. The second kappa shape index (κ2) is 17.1. The van der Waals surface area contributed by atoms with Crippen LogP contribution >= 0.6 is 0 Å². The Balaban J connectivity index is 1.59. The molecule has 0 aromatic heterocycles. The summed E-state index contributed by atoms with van der Waals surface area (Å²) in [5.41, 5.74) is 9.43. The van der Waals surface area contributed by atoms with E-state index in [0.717, 1.165) is 22.3 Å². The van der Waals surface area contributed by atoms with E-state index in [4.69, 9.17) is 5.73 Å². The van der Waals surface area contributed by atoms with E-state index in [9.17, 15) is 19.5 Å². The van der Waals surface area contributed by atoms with Crippen LogP contribution in [-0.4, -0.2) is 47.1 Å². The number of nitrogens with one attached hydrogen (secondary N) is 3. The van der Waals surface area contributed by atoms with Gasteiger partial charge in [0.2, 0.25) is 17.7 Å². The molecule has 4 aromatic carbocycles. The highest BCUT2D eigenvalue weighted by Gasteiger charge is 2.31. The van der Waals surface area contributed by atoms with Crippen molar-refractivity contribution in [3.05, 3.63) is 144 Å². The third-order valence-electron chi connectivity index (χ3n) is 8.03. The van der Waals surface area contributed by atoms with Crippen LogP contribution in [0.15, 0.2) is 121 Å². The molecule has 8 heteroatoms. The Bertz CT molecular complexity index is 1480. The van der Waals surface area contributed by atoms with E-state index in [2.05, 4.69) is 16.0 Å². The van der Waals surface area contributed by atoms with Crippen LogP contribution in [0.3, 0.4) is 0 Å². The lowest BCUT2D eigenvalue weighted by Gasteiger charge is -2.30. The molecular formula is C38H44N4O4. The van der Waals surface area contributed by atoms with E-state index >= 15 is 0 Å². The highest BCUT2D eigenvalue weighted by molar-refractivity contribution is 5.89. The second-order valence-corrected chi connectivity index (χ2v) is 11.8. The van der Waals surface area contributed by atoms with Gasteiger partial charge in [0.1, 0.15) is 6.04 Å². The molecule has 0 radical (unpaired) electrons. The first-order valence-electron chi connectivity index (χ1n) is 15.7. The third kappa shape index (κ3) is 10.1. The zero-order chi connectivity index (χ0) is 32.9. The number of hydrogen-bond acceptors (Lipinski definition) is 5. The number of hydrogen-bond donors (Lipinski definition) is 5. The topological polar surface area (TPSA) is 134 Å². The molecule has 0 aliphatic rings.